The molecule has 1 aromatic rings. The lowest BCUT2D eigenvalue weighted by molar-refractivity contribution is -0.119. The number of carbonyl (C=O) groups is 1. The molecule has 108 valence electrons. The Morgan fingerprint density at radius 1 is 1.10 bits per heavy atom. The Morgan fingerprint density at radius 2 is 1.90 bits per heavy atom. The molecule has 1 amide bonds. The van der Waals surface area contributed by atoms with Crippen LogP contribution in [0.1, 0.15) is 41.6 Å². The third-order valence-corrected chi connectivity index (χ3v) is 7.28. The molecule has 2 aliphatic heterocycles. The largest absolute Gasteiger partial charge is 0.366 e. The molecule has 2 unspecified atom stereocenters. The van der Waals surface area contributed by atoms with Crippen molar-refractivity contribution in [2.45, 2.75) is 37.5 Å². The van der Waals surface area contributed by atoms with E-state index in [1.165, 1.54) is 25.7 Å². The van der Waals surface area contributed by atoms with Gasteiger partial charge < -0.3 is 10.0 Å². The average Bonchev–Trinajstić information content (AvgIpc) is 2.84. The third kappa shape index (κ3) is 1.01. The summed E-state index contributed by atoms with van der Waals surface area (Å²) in [6.45, 7) is 0. The summed E-state index contributed by atoms with van der Waals surface area (Å²) in [5.74, 6) is 3.03. The van der Waals surface area contributed by atoms with Crippen molar-refractivity contribution in [3.63, 3.8) is 0 Å². The zero-order valence-electron chi connectivity index (χ0n) is 11.9. The molecule has 0 radical (unpaired) electrons. The summed E-state index contributed by atoms with van der Waals surface area (Å²) in [5, 5.41) is 11.7. The first kappa shape index (κ1) is 11.2. The van der Waals surface area contributed by atoms with Crippen LogP contribution in [0.2, 0.25) is 0 Å². The monoisotopic (exact) mass is 281 g/mol. The number of nitrogens with zero attached hydrogens (tertiary/aromatic N) is 1. The molecule has 2 heterocycles. The Morgan fingerprint density at radius 3 is 2.81 bits per heavy atom. The van der Waals surface area contributed by atoms with Gasteiger partial charge in [-0.05, 0) is 55.4 Å². The fourth-order valence-corrected chi connectivity index (χ4v) is 7.02. The molecule has 3 heteroatoms. The minimum absolute atomic E-state index is 0.0802. The smallest absolute Gasteiger partial charge is 0.257 e. The van der Waals surface area contributed by atoms with Crippen molar-refractivity contribution < 1.29 is 9.90 Å². The molecule has 6 bridgehead atoms. The molecule has 0 spiro atoms. The van der Waals surface area contributed by atoms with Gasteiger partial charge in [-0.25, -0.2) is 0 Å². The molecule has 4 aliphatic carbocycles. The number of fused-ring (bicyclic) bond motifs is 3. The van der Waals surface area contributed by atoms with Gasteiger partial charge in [0.15, 0.2) is 5.72 Å². The predicted octanol–water partition coefficient (Wildman–Crippen LogP) is 2.35. The SMILES string of the molecule is O=C1c2ccccc2[C@@]2(O)C3[C@@H]4C[C@H]5C[C@@H](C4)C([C@@H]3C5)N12. The highest BCUT2D eigenvalue weighted by molar-refractivity contribution is 6.00. The van der Waals surface area contributed by atoms with E-state index < -0.39 is 5.72 Å². The summed E-state index contributed by atoms with van der Waals surface area (Å²) in [6.07, 6.45) is 5.02. The normalized spacial score (nSPS) is 51.5. The Labute approximate surface area is 123 Å². The van der Waals surface area contributed by atoms with Gasteiger partial charge >= 0.3 is 0 Å². The van der Waals surface area contributed by atoms with Crippen LogP contribution in [0.15, 0.2) is 24.3 Å². The van der Waals surface area contributed by atoms with E-state index in [9.17, 15) is 9.90 Å². The van der Waals surface area contributed by atoms with Crippen molar-refractivity contribution in [2.24, 2.45) is 29.6 Å². The molecular formula is C18H19NO2. The first-order valence-electron chi connectivity index (χ1n) is 8.35. The Hall–Kier alpha value is -1.35. The maximum Gasteiger partial charge on any atom is 0.257 e. The van der Waals surface area contributed by atoms with Crippen LogP contribution >= 0.6 is 0 Å². The number of hydrogen-bond acceptors (Lipinski definition) is 2. The molecular weight excluding hydrogens is 262 g/mol. The lowest BCUT2D eigenvalue weighted by Crippen LogP contribution is -2.52. The Bertz CT molecular complexity index is 686. The van der Waals surface area contributed by atoms with Gasteiger partial charge in [0.25, 0.3) is 5.91 Å². The molecule has 0 aromatic heterocycles. The molecule has 6 aliphatic rings. The predicted molar refractivity (Wildman–Crippen MR) is 76.2 cm³/mol. The van der Waals surface area contributed by atoms with Crippen LogP contribution in [0, 0.1) is 29.6 Å². The second-order valence-electron chi connectivity index (χ2n) is 7.96. The number of carbonyl (C=O) groups excluding carboxylic acids is 1. The lowest BCUT2D eigenvalue weighted by atomic mass is 9.50. The minimum Gasteiger partial charge on any atom is -0.366 e. The van der Waals surface area contributed by atoms with Crippen LogP contribution in [-0.2, 0) is 5.72 Å². The maximum atomic E-state index is 12.9. The number of rotatable bonds is 0. The van der Waals surface area contributed by atoms with E-state index >= 15 is 0 Å². The van der Waals surface area contributed by atoms with Crippen LogP contribution in [0.5, 0.6) is 0 Å². The molecule has 21 heavy (non-hydrogen) atoms. The zero-order valence-corrected chi connectivity index (χ0v) is 11.9. The highest BCUT2D eigenvalue weighted by Gasteiger charge is 2.72. The van der Waals surface area contributed by atoms with E-state index in [1.54, 1.807) is 0 Å². The first-order valence-corrected chi connectivity index (χ1v) is 8.35. The van der Waals surface area contributed by atoms with Crippen molar-refractivity contribution in [3.05, 3.63) is 35.4 Å². The van der Waals surface area contributed by atoms with Gasteiger partial charge in [0.2, 0.25) is 0 Å². The van der Waals surface area contributed by atoms with Crippen LogP contribution in [-0.4, -0.2) is 22.0 Å². The van der Waals surface area contributed by atoms with E-state index in [0.717, 1.165) is 17.0 Å². The van der Waals surface area contributed by atoms with E-state index in [2.05, 4.69) is 0 Å². The van der Waals surface area contributed by atoms with Gasteiger partial charge in [0, 0.05) is 23.1 Å². The highest BCUT2D eigenvalue weighted by atomic mass is 16.3. The molecule has 5 fully saturated rings. The van der Waals surface area contributed by atoms with E-state index in [1.807, 2.05) is 29.2 Å². The topological polar surface area (TPSA) is 40.5 Å². The molecule has 3 nitrogen and oxygen atoms in total. The highest BCUT2D eigenvalue weighted by Crippen LogP contribution is 2.69. The molecule has 1 saturated heterocycles. The fraction of sp³-hybridized carbons (Fsp3) is 0.611. The van der Waals surface area contributed by atoms with Crippen molar-refractivity contribution in [1.82, 2.24) is 4.90 Å². The number of benzene rings is 1. The molecule has 7 rings (SSSR count). The van der Waals surface area contributed by atoms with Crippen LogP contribution in [0.4, 0.5) is 0 Å². The summed E-state index contributed by atoms with van der Waals surface area (Å²) < 4.78 is 0. The summed E-state index contributed by atoms with van der Waals surface area (Å²) in [4.78, 5) is 14.9. The first-order chi connectivity index (χ1) is 10.2. The van der Waals surface area contributed by atoms with E-state index in [-0.39, 0.29) is 11.8 Å². The van der Waals surface area contributed by atoms with Crippen molar-refractivity contribution in [1.29, 1.82) is 0 Å². The van der Waals surface area contributed by atoms with Gasteiger partial charge in [0.05, 0.1) is 0 Å². The van der Waals surface area contributed by atoms with Crippen molar-refractivity contribution >= 4 is 5.91 Å². The Balaban J connectivity index is 1.64. The minimum atomic E-state index is -1.00. The quantitative estimate of drug-likeness (QED) is 0.793. The third-order valence-electron chi connectivity index (χ3n) is 7.28. The lowest BCUT2D eigenvalue weighted by Gasteiger charge is -2.54. The zero-order chi connectivity index (χ0) is 13.9. The van der Waals surface area contributed by atoms with Crippen molar-refractivity contribution in [2.75, 3.05) is 0 Å². The van der Waals surface area contributed by atoms with Crippen LogP contribution < -0.4 is 0 Å². The second kappa shape index (κ2) is 3.19. The van der Waals surface area contributed by atoms with Crippen LogP contribution in [0.25, 0.3) is 0 Å². The standard InChI is InChI=1S/C18H19NO2/c20-17-12-3-1-2-4-14(12)18(21)15-10-5-9-6-11(8-10)16(19(17)18)13(15)7-9/h1-4,9-11,13,15-16,21H,5-8H2/t9-,10+,11-,13+,15?,16?,18+/m0/s1. The van der Waals surface area contributed by atoms with Gasteiger partial charge in [-0.3, -0.25) is 4.79 Å². The molecule has 1 N–H and O–H groups in total. The number of amides is 1. The summed E-state index contributed by atoms with van der Waals surface area (Å²) in [5.41, 5.74) is 0.627. The van der Waals surface area contributed by atoms with Gasteiger partial charge in [-0.15, -0.1) is 0 Å². The number of aliphatic hydroxyl groups is 1. The van der Waals surface area contributed by atoms with E-state index in [0.29, 0.717) is 23.8 Å². The summed E-state index contributed by atoms with van der Waals surface area (Å²) in [6, 6.07) is 8.05. The van der Waals surface area contributed by atoms with Crippen LogP contribution in [0.3, 0.4) is 0 Å². The average molecular weight is 281 g/mol. The van der Waals surface area contributed by atoms with Crippen molar-refractivity contribution in [3.8, 4) is 0 Å². The van der Waals surface area contributed by atoms with Gasteiger partial charge in [-0.2, -0.15) is 0 Å². The second-order valence-corrected chi connectivity index (χ2v) is 7.96. The molecule has 1 aromatic carbocycles. The van der Waals surface area contributed by atoms with E-state index in [4.69, 9.17) is 0 Å². The fourth-order valence-electron chi connectivity index (χ4n) is 7.02. The van der Waals surface area contributed by atoms with Gasteiger partial charge in [-0.1, -0.05) is 18.2 Å². The molecule has 4 saturated carbocycles. The maximum absolute atomic E-state index is 12.9. The molecule has 7 atom stereocenters. The summed E-state index contributed by atoms with van der Waals surface area (Å²) in [7, 11) is 0. The van der Waals surface area contributed by atoms with Gasteiger partial charge in [0.1, 0.15) is 0 Å². The Kier molecular flexibility index (Phi) is 1.71. The summed E-state index contributed by atoms with van der Waals surface area (Å²) >= 11 is 0. The number of hydrogen-bond donors (Lipinski definition) is 1.